The van der Waals surface area contributed by atoms with Gasteiger partial charge in [-0.1, -0.05) is 23.7 Å². The normalized spacial score (nSPS) is 20.6. The fourth-order valence-corrected chi connectivity index (χ4v) is 2.25. The molecule has 1 aromatic rings. The molecule has 2 rings (SSSR count). The fraction of sp³-hybridized carbons (Fsp3) is 0.500. The Balaban J connectivity index is 2.30. The van der Waals surface area contributed by atoms with Gasteiger partial charge in [0.25, 0.3) is 5.92 Å². The maximum atomic E-state index is 13.1. The first-order valence-electron chi connectivity index (χ1n) is 5.18. The van der Waals surface area contributed by atoms with Gasteiger partial charge in [-0.15, -0.1) is 0 Å². The highest BCUT2D eigenvalue weighted by Crippen LogP contribution is 2.54. The zero-order valence-electron chi connectivity index (χ0n) is 8.88. The largest absolute Gasteiger partial charge is 0.386 e. The lowest BCUT2D eigenvalue weighted by atomic mass is 9.87. The second kappa shape index (κ2) is 3.67. The van der Waals surface area contributed by atoms with Crippen molar-refractivity contribution in [3.8, 4) is 0 Å². The predicted molar refractivity (Wildman–Crippen MR) is 59.0 cm³/mol. The predicted octanol–water partition coefficient (Wildman–Crippen LogP) is 3.39. The molecule has 0 aromatic heterocycles. The van der Waals surface area contributed by atoms with Crippen molar-refractivity contribution in [3.05, 3.63) is 34.9 Å². The van der Waals surface area contributed by atoms with Gasteiger partial charge >= 0.3 is 0 Å². The van der Waals surface area contributed by atoms with Crippen LogP contribution in [0.25, 0.3) is 0 Å². The molecule has 1 nitrogen and oxygen atoms in total. The van der Waals surface area contributed by atoms with Crippen LogP contribution < -0.4 is 0 Å². The summed E-state index contributed by atoms with van der Waals surface area (Å²) in [5, 5.41) is 10.3. The Morgan fingerprint density at radius 3 is 2.19 bits per heavy atom. The zero-order valence-corrected chi connectivity index (χ0v) is 9.64. The van der Waals surface area contributed by atoms with Crippen molar-refractivity contribution in [3.63, 3.8) is 0 Å². The summed E-state index contributed by atoms with van der Waals surface area (Å²) in [6.45, 7) is 0.758. The summed E-state index contributed by atoms with van der Waals surface area (Å²) in [5.74, 6) is -3.07. The van der Waals surface area contributed by atoms with E-state index in [1.807, 2.05) is 0 Å². The molecule has 0 heterocycles. The van der Waals surface area contributed by atoms with E-state index in [2.05, 4.69) is 0 Å². The van der Waals surface area contributed by atoms with E-state index in [4.69, 9.17) is 11.6 Å². The van der Waals surface area contributed by atoms with Crippen LogP contribution >= 0.6 is 11.6 Å². The molecular weight excluding hydrogens is 234 g/mol. The van der Waals surface area contributed by atoms with Gasteiger partial charge in [-0.25, -0.2) is 8.78 Å². The highest BCUT2D eigenvalue weighted by atomic mass is 35.5. The summed E-state index contributed by atoms with van der Waals surface area (Å²) in [5.41, 5.74) is -0.0334. The molecule has 1 unspecified atom stereocenters. The summed E-state index contributed by atoms with van der Waals surface area (Å²) < 4.78 is 26.3. The first-order chi connectivity index (χ1) is 7.36. The minimum atomic E-state index is -3.07. The van der Waals surface area contributed by atoms with E-state index in [-0.39, 0.29) is 0 Å². The van der Waals surface area contributed by atoms with Crippen molar-refractivity contribution in [1.82, 2.24) is 0 Å². The van der Waals surface area contributed by atoms with E-state index in [9.17, 15) is 13.9 Å². The Morgan fingerprint density at radius 1 is 1.31 bits per heavy atom. The molecule has 1 N–H and O–H groups in total. The molecule has 16 heavy (non-hydrogen) atoms. The first kappa shape index (κ1) is 11.8. The van der Waals surface area contributed by atoms with E-state index in [1.165, 1.54) is 0 Å². The molecule has 0 radical (unpaired) electrons. The molecular formula is C12H13ClF2O. The lowest BCUT2D eigenvalue weighted by molar-refractivity contribution is -0.110. The van der Waals surface area contributed by atoms with E-state index in [0.29, 0.717) is 17.9 Å². The third kappa shape index (κ3) is 1.94. The van der Waals surface area contributed by atoms with Crippen molar-refractivity contribution in [1.29, 1.82) is 0 Å². The molecule has 1 fully saturated rings. The molecule has 88 valence electrons. The van der Waals surface area contributed by atoms with Gasteiger partial charge in [-0.3, -0.25) is 0 Å². The standard InChI is InChI=1S/C12H13ClF2O/c1-11(14,15)10(16)12(6-7-12)8-2-4-9(13)5-3-8/h2-5,10,16H,6-7H2,1H3. The average Bonchev–Trinajstić information content (AvgIpc) is 2.97. The van der Waals surface area contributed by atoms with Crippen LogP contribution in [0.2, 0.25) is 5.02 Å². The summed E-state index contributed by atoms with van der Waals surface area (Å²) >= 11 is 5.74. The molecule has 1 atom stereocenters. The Morgan fingerprint density at radius 2 is 1.81 bits per heavy atom. The van der Waals surface area contributed by atoms with Gasteiger partial charge < -0.3 is 5.11 Å². The van der Waals surface area contributed by atoms with Crippen LogP contribution in [0.3, 0.4) is 0 Å². The fourth-order valence-electron chi connectivity index (χ4n) is 2.12. The topological polar surface area (TPSA) is 20.2 Å². The highest BCUT2D eigenvalue weighted by Gasteiger charge is 2.57. The summed E-state index contributed by atoms with van der Waals surface area (Å²) in [4.78, 5) is 0. The van der Waals surface area contributed by atoms with Gasteiger partial charge in [-0.05, 0) is 30.5 Å². The molecule has 0 aliphatic heterocycles. The van der Waals surface area contributed by atoms with Crippen molar-refractivity contribution in [2.24, 2.45) is 0 Å². The van der Waals surface area contributed by atoms with Gasteiger partial charge in [0.2, 0.25) is 0 Å². The van der Waals surface area contributed by atoms with Crippen LogP contribution in [-0.2, 0) is 5.41 Å². The summed E-state index contributed by atoms with van der Waals surface area (Å²) in [7, 11) is 0. The van der Waals surface area contributed by atoms with Gasteiger partial charge in [-0.2, -0.15) is 0 Å². The number of halogens is 3. The van der Waals surface area contributed by atoms with Crippen LogP contribution in [0.5, 0.6) is 0 Å². The van der Waals surface area contributed by atoms with E-state index < -0.39 is 17.4 Å². The van der Waals surface area contributed by atoms with E-state index in [0.717, 1.165) is 12.5 Å². The highest BCUT2D eigenvalue weighted by molar-refractivity contribution is 6.30. The molecule has 1 aliphatic carbocycles. The zero-order chi connectivity index (χ0) is 12.0. The molecule has 1 aliphatic rings. The molecule has 4 heteroatoms. The number of rotatable bonds is 3. The number of aliphatic hydroxyl groups is 1. The smallest absolute Gasteiger partial charge is 0.271 e. The van der Waals surface area contributed by atoms with Crippen LogP contribution in [-0.4, -0.2) is 17.1 Å². The monoisotopic (exact) mass is 246 g/mol. The third-order valence-electron chi connectivity index (χ3n) is 3.21. The lowest BCUT2D eigenvalue weighted by Crippen LogP contribution is -2.40. The number of alkyl halides is 2. The molecule has 1 aromatic carbocycles. The molecule has 0 spiro atoms. The SMILES string of the molecule is CC(F)(F)C(O)C1(c2ccc(Cl)cc2)CC1. The maximum Gasteiger partial charge on any atom is 0.271 e. The Hall–Kier alpha value is -0.670. The minimum Gasteiger partial charge on any atom is -0.386 e. The summed E-state index contributed by atoms with van der Waals surface area (Å²) in [6.07, 6.45) is -0.431. The quantitative estimate of drug-likeness (QED) is 0.867. The third-order valence-corrected chi connectivity index (χ3v) is 3.46. The van der Waals surface area contributed by atoms with Gasteiger partial charge in [0.05, 0.1) is 0 Å². The van der Waals surface area contributed by atoms with E-state index >= 15 is 0 Å². The van der Waals surface area contributed by atoms with E-state index in [1.54, 1.807) is 24.3 Å². The molecule has 0 amide bonds. The van der Waals surface area contributed by atoms with Gasteiger partial charge in [0, 0.05) is 17.4 Å². The minimum absolute atomic E-state index is 0.567. The Labute approximate surface area is 98.0 Å². The van der Waals surface area contributed by atoms with Crippen molar-refractivity contribution < 1.29 is 13.9 Å². The maximum absolute atomic E-state index is 13.1. The number of hydrogen-bond donors (Lipinski definition) is 1. The van der Waals surface area contributed by atoms with Crippen LogP contribution in [0, 0.1) is 0 Å². The average molecular weight is 247 g/mol. The van der Waals surface area contributed by atoms with Gasteiger partial charge in [0.15, 0.2) is 0 Å². The second-order valence-corrected chi connectivity index (χ2v) is 4.96. The van der Waals surface area contributed by atoms with Crippen LogP contribution in [0.15, 0.2) is 24.3 Å². The number of hydrogen-bond acceptors (Lipinski definition) is 1. The van der Waals surface area contributed by atoms with Crippen LogP contribution in [0.1, 0.15) is 25.3 Å². The second-order valence-electron chi connectivity index (χ2n) is 4.52. The molecule has 0 saturated heterocycles. The number of aliphatic hydroxyl groups excluding tert-OH is 1. The number of benzene rings is 1. The first-order valence-corrected chi connectivity index (χ1v) is 5.56. The van der Waals surface area contributed by atoms with Crippen molar-refractivity contribution in [2.75, 3.05) is 0 Å². The molecule has 1 saturated carbocycles. The van der Waals surface area contributed by atoms with Crippen molar-refractivity contribution in [2.45, 2.75) is 37.2 Å². The lowest BCUT2D eigenvalue weighted by Gasteiger charge is -2.27. The Kier molecular flexibility index (Phi) is 2.71. The molecule has 0 bridgehead atoms. The summed E-state index contributed by atoms with van der Waals surface area (Å²) in [6, 6.07) is 6.75. The van der Waals surface area contributed by atoms with Crippen molar-refractivity contribution >= 4 is 11.6 Å². The van der Waals surface area contributed by atoms with Crippen LogP contribution in [0.4, 0.5) is 8.78 Å². The van der Waals surface area contributed by atoms with Gasteiger partial charge in [0.1, 0.15) is 6.10 Å². The Bertz CT molecular complexity index is 379.